The fourth-order valence-corrected chi connectivity index (χ4v) is 2.86. The van der Waals surface area contributed by atoms with Crippen molar-refractivity contribution in [2.75, 3.05) is 35.5 Å². The van der Waals surface area contributed by atoms with Gasteiger partial charge >= 0.3 is 0 Å². The Bertz CT molecular complexity index is 686. The fourth-order valence-electron chi connectivity index (χ4n) is 2.86. The lowest BCUT2D eigenvalue weighted by atomic mass is 9.92. The van der Waals surface area contributed by atoms with Crippen molar-refractivity contribution >= 4 is 0 Å². The van der Waals surface area contributed by atoms with E-state index in [1.54, 1.807) is 35.5 Å². The summed E-state index contributed by atoms with van der Waals surface area (Å²) in [6.07, 6.45) is 0.756. The summed E-state index contributed by atoms with van der Waals surface area (Å²) in [7, 11) is 8.20. The number of rotatable bonds is 8. The van der Waals surface area contributed by atoms with E-state index in [-0.39, 0.29) is 5.92 Å². The van der Waals surface area contributed by atoms with E-state index in [4.69, 9.17) is 23.7 Å². The Hall–Kier alpha value is -2.56. The molecule has 0 spiro atoms. The summed E-state index contributed by atoms with van der Waals surface area (Å²) in [5, 5.41) is 0. The third kappa shape index (κ3) is 4.10. The Morgan fingerprint density at radius 2 is 1.24 bits per heavy atom. The fraction of sp³-hybridized carbons (Fsp3) is 0.400. The molecular weight excluding hydrogens is 320 g/mol. The third-order valence-corrected chi connectivity index (χ3v) is 4.30. The SMILES string of the molecule is COc1cc(OC)c(C[C@H](C)c2ccc(OC)c(OC)c2)c(OC)c1. The first-order valence-electron chi connectivity index (χ1n) is 8.08. The normalized spacial score (nSPS) is 11.6. The van der Waals surface area contributed by atoms with E-state index in [2.05, 4.69) is 13.0 Å². The molecule has 5 nitrogen and oxygen atoms in total. The van der Waals surface area contributed by atoms with Gasteiger partial charge in [0, 0.05) is 17.7 Å². The number of benzene rings is 2. The minimum atomic E-state index is 0.232. The molecule has 0 saturated heterocycles. The second-order valence-electron chi connectivity index (χ2n) is 5.73. The largest absolute Gasteiger partial charge is 0.496 e. The number of methoxy groups -OCH3 is 5. The first kappa shape index (κ1) is 18.8. The maximum atomic E-state index is 5.54. The highest BCUT2D eigenvalue weighted by molar-refractivity contribution is 5.52. The van der Waals surface area contributed by atoms with Crippen molar-refractivity contribution in [2.24, 2.45) is 0 Å². The van der Waals surface area contributed by atoms with Crippen LogP contribution >= 0.6 is 0 Å². The van der Waals surface area contributed by atoms with Crippen molar-refractivity contribution in [3.63, 3.8) is 0 Å². The van der Waals surface area contributed by atoms with E-state index in [0.717, 1.165) is 40.5 Å². The van der Waals surface area contributed by atoms with Crippen molar-refractivity contribution < 1.29 is 23.7 Å². The summed E-state index contributed by atoms with van der Waals surface area (Å²) in [5.74, 6) is 3.89. The molecule has 0 fully saturated rings. The van der Waals surface area contributed by atoms with E-state index in [1.807, 2.05) is 24.3 Å². The Morgan fingerprint density at radius 3 is 1.72 bits per heavy atom. The highest BCUT2D eigenvalue weighted by Crippen LogP contribution is 2.38. The standard InChI is InChI=1S/C20H26O5/c1-13(14-7-8-17(22-3)20(10-14)25-6)9-16-18(23-4)11-15(21-2)12-19(16)24-5/h7-8,10-13H,9H2,1-6H3/t13-/m0/s1. The van der Waals surface area contributed by atoms with Gasteiger partial charge in [0.05, 0.1) is 35.5 Å². The highest BCUT2D eigenvalue weighted by Gasteiger charge is 2.18. The summed E-state index contributed by atoms with van der Waals surface area (Å²) in [5.41, 5.74) is 2.16. The molecule has 0 radical (unpaired) electrons. The molecular formula is C20H26O5. The van der Waals surface area contributed by atoms with E-state index in [9.17, 15) is 0 Å². The van der Waals surface area contributed by atoms with E-state index in [1.165, 1.54) is 0 Å². The summed E-state index contributed by atoms with van der Waals surface area (Å²) in [4.78, 5) is 0. The zero-order valence-electron chi connectivity index (χ0n) is 15.7. The molecule has 2 aromatic rings. The number of hydrogen-bond donors (Lipinski definition) is 0. The van der Waals surface area contributed by atoms with Crippen LogP contribution in [0.2, 0.25) is 0 Å². The molecule has 0 unspecified atom stereocenters. The molecule has 0 aliphatic rings. The lowest BCUT2D eigenvalue weighted by Gasteiger charge is -2.19. The maximum absolute atomic E-state index is 5.54. The molecule has 0 aliphatic carbocycles. The molecule has 136 valence electrons. The molecule has 0 aromatic heterocycles. The van der Waals surface area contributed by atoms with Crippen LogP contribution in [-0.4, -0.2) is 35.5 Å². The molecule has 0 amide bonds. The van der Waals surface area contributed by atoms with Crippen molar-refractivity contribution in [3.8, 4) is 28.7 Å². The second-order valence-corrected chi connectivity index (χ2v) is 5.73. The van der Waals surface area contributed by atoms with Gasteiger partial charge in [0.15, 0.2) is 11.5 Å². The van der Waals surface area contributed by atoms with Gasteiger partial charge in [-0.1, -0.05) is 13.0 Å². The zero-order chi connectivity index (χ0) is 18.4. The smallest absolute Gasteiger partial charge is 0.160 e. The van der Waals surface area contributed by atoms with Crippen molar-refractivity contribution in [3.05, 3.63) is 41.5 Å². The van der Waals surface area contributed by atoms with Gasteiger partial charge in [-0.05, 0) is 30.0 Å². The molecule has 1 atom stereocenters. The van der Waals surface area contributed by atoms with Crippen LogP contribution in [0.4, 0.5) is 0 Å². The van der Waals surface area contributed by atoms with Crippen LogP contribution in [0, 0.1) is 0 Å². The van der Waals surface area contributed by atoms with Gasteiger partial charge in [-0.3, -0.25) is 0 Å². The van der Waals surface area contributed by atoms with Crippen LogP contribution in [0.5, 0.6) is 28.7 Å². The van der Waals surface area contributed by atoms with Crippen LogP contribution in [0.3, 0.4) is 0 Å². The van der Waals surface area contributed by atoms with Crippen LogP contribution in [0.15, 0.2) is 30.3 Å². The molecule has 0 saturated carbocycles. The minimum Gasteiger partial charge on any atom is -0.496 e. The predicted octanol–water partition coefficient (Wildman–Crippen LogP) is 4.08. The van der Waals surface area contributed by atoms with Crippen LogP contribution in [-0.2, 0) is 6.42 Å². The van der Waals surface area contributed by atoms with Gasteiger partial charge in [0.25, 0.3) is 0 Å². The Labute approximate surface area is 149 Å². The van der Waals surface area contributed by atoms with Crippen LogP contribution in [0.1, 0.15) is 24.0 Å². The second kappa shape index (κ2) is 8.51. The van der Waals surface area contributed by atoms with Crippen LogP contribution < -0.4 is 23.7 Å². The molecule has 0 N–H and O–H groups in total. The van der Waals surface area contributed by atoms with Gasteiger partial charge in [0.2, 0.25) is 0 Å². The van der Waals surface area contributed by atoms with Crippen molar-refractivity contribution in [1.29, 1.82) is 0 Å². The Balaban J connectivity index is 2.35. The highest BCUT2D eigenvalue weighted by atomic mass is 16.5. The van der Waals surface area contributed by atoms with Crippen LogP contribution in [0.25, 0.3) is 0 Å². The Morgan fingerprint density at radius 1 is 0.680 bits per heavy atom. The minimum absolute atomic E-state index is 0.232. The van der Waals surface area contributed by atoms with E-state index >= 15 is 0 Å². The molecule has 0 aliphatic heterocycles. The number of hydrogen-bond acceptors (Lipinski definition) is 5. The first-order chi connectivity index (χ1) is 12.1. The summed E-state index contributed by atoms with van der Waals surface area (Å²) < 4.78 is 27.1. The Kier molecular flexibility index (Phi) is 6.39. The molecule has 2 aromatic carbocycles. The first-order valence-corrected chi connectivity index (χ1v) is 8.08. The third-order valence-electron chi connectivity index (χ3n) is 4.30. The average Bonchev–Trinajstić information content (AvgIpc) is 2.67. The van der Waals surface area contributed by atoms with Crippen molar-refractivity contribution in [1.82, 2.24) is 0 Å². The van der Waals surface area contributed by atoms with Gasteiger partial charge in [0.1, 0.15) is 17.2 Å². The molecule has 0 bridgehead atoms. The summed E-state index contributed by atoms with van der Waals surface area (Å²) in [6, 6.07) is 9.73. The van der Waals surface area contributed by atoms with Gasteiger partial charge in [-0.25, -0.2) is 0 Å². The maximum Gasteiger partial charge on any atom is 0.160 e. The number of ether oxygens (including phenoxy) is 5. The molecule has 25 heavy (non-hydrogen) atoms. The lowest BCUT2D eigenvalue weighted by Crippen LogP contribution is -2.04. The summed E-state index contributed by atoms with van der Waals surface area (Å²) >= 11 is 0. The van der Waals surface area contributed by atoms with E-state index < -0.39 is 0 Å². The van der Waals surface area contributed by atoms with Gasteiger partial charge in [-0.15, -0.1) is 0 Å². The lowest BCUT2D eigenvalue weighted by molar-refractivity contribution is 0.354. The van der Waals surface area contributed by atoms with E-state index in [0.29, 0.717) is 5.75 Å². The quantitative estimate of drug-likeness (QED) is 0.721. The predicted molar refractivity (Wildman–Crippen MR) is 97.8 cm³/mol. The van der Waals surface area contributed by atoms with Gasteiger partial charge in [-0.2, -0.15) is 0 Å². The van der Waals surface area contributed by atoms with Crippen molar-refractivity contribution in [2.45, 2.75) is 19.3 Å². The summed E-state index contributed by atoms with van der Waals surface area (Å²) in [6.45, 7) is 2.16. The zero-order valence-corrected chi connectivity index (χ0v) is 15.7. The monoisotopic (exact) mass is 346 g/mol. The molecule has 0 heterocycles. The topological polar surface area (TPSA) is 46.2 Å². The molecule has 5 heteroatoms. The van der Waals surface area contributed by atoms with Gasteiger partial charge < -0.3 is 23.7 Å². The molecule has 2 rings (SSSR count). The average molecular weight is 346 g/mol.